The van der Waals surface area contributed by atoms with Gasteiger partial charge in [0.1, 0.15) is 0 Å². The van der Waals surface area contributed by atoms with Gasteiger partial charge in [-0.3, -0.25) is 10.1 Å². The second kappa shape index (κ2) is 3.68. The van der Waals surface area contributed by atoms with Gasteiger partial charge in [-0.15, -0.1) is 0 Å². The molecule has 2 atom stereocenters. The van der Waals surface area contributed by atoms with E-state index in [2.05, 4.69) is 5.32 Å². The van der Waals surface area contributed by atoms with Gasteiger partial charge in [0.15, 0.2) is 12.5 Å². The third kappa shape index (κ3) is 1.76. The summed E-state index contributed by atoms with van der Waals surface area (Å²) in [5, 5.41) is 3.07. The molecule has 1 aromatic rings. The molecule has 13 heavy (non-hydrogen) atoms. The SMILES string of the molecule is O=CC1NC(c2ccccc2)CO1. The molecule has 0 radical (unpaired) electrons. The molecule has 1 N–H and O–H groups in total. The monoisotopic (exact) mass is 177 g/mol. The van der Waals surface area contributed by atoms with Gasteiger partial charge in [0.2, 0.25) is 0 Å². The molecule has 68 valence electrons. The molecule has 0 spiro atoms. The highest BCUT2D eigenvalue weighted by Gasteiger charge is 2.24. The maximum absolute atomic E-state index is 10.4. The van der Waals surface area contributed by atoms with E-state index in [1.54, 1.807) is 0 Å². The number of hydrogen-bond acceptors (Lipinski definition) is 3. The molecular weight excluding hydrogens is 166 g/mol. The van der Waals surface area contributed by atoms with E-state index in [1.807, 2.05) is 30.3 Å². The number of nitrogens with one attached hydrogen (secondary N) is 1. The zero-order valence-electron chi connectivity index (χ0n) is 7.14. The Morgan fingerprint density at radius 3 is 2.77 bits per heavy atom. The van der Waals surface area contributed by atoms with Crippen molar-refractivity contribution in [3.63, 3.8) is 0 Å². The lowest BCUT2D eigenvalue weighted by Crippen LogP contribution is -2.26. The van der Waals surface area contributed by atoms with Gasteiger partial charge in [0.05, 0.1) is 12.6 Å². The molecular formula is C10H11NO2. The minimum Gasteiger partial charge on any atom is -0.354 e. The first-order valence-electron chi connectivity index (χ1n) is 4.28. The highest BCUT2D eigenvalue weighted by Crippen LogP contribution is 2.18. The van der Waals surface area contributed by atoms with Crippen LogP contribution in [-0.4, -0.2) is 19.1 Å². The number of hydrogen-bond donors (Lipinski definition) is 1. The molecule has 1 aliphatic rings. The lowest BCUT2D eigenvalue weighted by atomic mass is 10.1. The Morgan fingerprint density at radius 2 is 2.15 bits per heavy atom. The lowest BCUT2D eigenvalue weighted by molar-refractivity contribution is -0.116. The van der Waals surface area contributed by atoms with Crippen LogP contribution in [0.15, 0.2) is 30.3 Å². The Hall–Kier alpha value is -1.19. The van der Waals surface area contributed by atoms with Gasteiger partial charge in [0, 0.05) is 0 Å². The van der Waals surface area contributed by atoms with Crippen molar-refractivity contribution < 1.29 is 9.53 Å². The standard InChI is InChI=1S/C10H11NO2/c12-6-10-11-9(7-13-10)8-4-2-1-3-5-8/h1-6,9-11H,7H2. The molecule has 1 fully saturated rings. The van der Waals surface area contributed by atoms with Crippen molar-refractivity contribution in [2.24, 2.45) is 0 Å². The summed E-state index contributed by atoms with van der Waals surface area (Å²) in [5.74, 6) is 0. The molecule has 0 aromatic heterocycles. The smallest absolute Gasteiger partial charge is 0.165 e. The van der Waals surface area contributed by atoms with Crippen LogP contribution in [0.1, 0.15) is 11.6 Å². The Morgan fingerprint density at radius 1 is 1.38 bits per heavy atom. The van der Waals surface area contributed by atoms with Gasteiger partial charge in [-0.05, 0) is 5.56 Å². The first-order valence-corrected chi connectivity index (χ1v) is 4.28. The molecule has 3 heteroatoms. The average Bonchev–Trinajstić information content (AvgIpc) is 2.67. The number of rotatable bonds is 2. The van der Waals surface area contributed by atoms with E-state index in [0.717, 1.165) is 11.8 Å². The summed E-state index contributed by atoms with van der Waals surface area (Å²) in [4.78, 5) is 10.4. The van der Waals surface area contributed by atoms with Gasteiger partial charge in [-0.1, -0.05) is 30.3 Å². The third-order valence-corrected chi connectivity index (χ3v) is 2.13. The topological polar surface area (TPSA) is 38.3 Å². The number of aldehydes is 1. The van der Waals surface area contributed by atoms with Crippen LogP contribution in [0.3, 0.4) is 0 Å². The predicted octanol–water partition coefficient (Wildman–Crippen LogP) is 0.873. The zero-order valence-corrected chi connectivity index (χ0v) is 7.14. The van der Waals surface area contributed by atoms with Gasteiger partial charge in [-0.25, -0.2) is 0 Å². The van der Waals surface area contributed by atoms with E-state index in [1.165, 1.54) is 0 Å². The van der Waals surface area contributed by atoms with Crippen molar-refractivity contribution in [3.05, 3.63) is 35.9 Å². The first kappa shape index (κ1) is 8.41. The van der Waals surface area contributed by atoms with E-state index in [4.69, 9.17) is 4.74 Å². The van der Waals surface area contributed by atoms with Gasteiger partial charge in [-0.2, -0.15) is 0 Å². The number of carbonyl (C=O) groups excluding carboxylic acids is 1. The molecule has 0 saturated carbocycles. The maximum Gasteiger partial charge on any atom is 0.165 e. The minimum atomic E-state index is -0.440. The molecule has 1 saturated heterocycles. The van der Waals surface area contributed by atoms with E-state index < -0.39 is 6.23 Å². The highest BCUT2D eigenvalue weighted by molar-refractivity contribution is 5.56. The maximum atomic E-state index is 10.4. The fourth-order valence-electron chi connectivity index (χ4n) is 1.45. The van der Waals surface area contributed by atoms with E-state index >= 15 is 0 Å². The largest absolute Gasteiger partial charge is 0.354 e. The van der Waals surface area contributed by atoms with Crippen molar-refractivity contribution in [1.82, 2.24) is 5.32 Å². The van der Waals surface area contributed by atoms with Crippen LogP contribution in [0.5, 0.6) is 0 Å². The number of carbonyl (C=O) groups is 1. The second-order valence-corrected chi connectivity index (χ2v) is 3.02. The highest BCUT2D eigenvalue weighted by atomic mass is 16.5. The summed E-state index contributed by atoms with van der Waals surface area (Å²) < 4.78 is 5.19. The molecule has 2 unspecified atom stereocenters. The van der Waals surface area contributed by atoms with E-state index in [-0.39, 0.29) is 6.04 Å². The molecule has 1 aliphatic heterocycles. The summed E-state index contributed by atoms with van der Waals surface area (Å²) in [6, 6.07) is 10.1. The number of ether oxygens (including phenoxy) is 1. The normalized spacial score (nSPS) is 27.4. The predicted molar refractivity (Wildman–Crippen MR) is 48.1 cm³/mol. The van der Waals surface area contributed by atoms with E-state index in [0.29, 0.717) is 6.61 Å². The van der Waals surface area contributed by atoms with Crippen LogP contribution >= 0.6 is 0 Å². The van der Waals surface area contributed by atoms with Crippen LogP contribution in [-0.2, 0) is 9.53 Å². The summed E-state index contributed by atoms with van der Waals surface area (Å²) in [6.45, 7) is 0.563. The van der Waals surface area contributed by atoms with Crippen LogP contribution in [0.2, 0.25) is 0 Å². The fourth-order valence-corrected chi connectivity index (χ4v) is 1.45. The Kier molecular flexibility index (Phi) is 2.38. The summed E-state index contributed by atoms with van der Waals surface area (Å²) in [5.41, 5.74) is 1.16. The molecule has 0 aliphatic carbocycles. The molecule has 0 bridgehead atoms. The number of benzene rings is 1. The van der Waals surface area contributed by atoms with Crippen LogP contribution < -0.4 is 5.32 Å². The molecule has 2 rings (SSSR count). The van der Waals surface area contributed by atoms with Crippen LogP contribution in [0, 0.1) is 0 Å². The average molecular weight is 177 g/mol. The quantitative estimate of drug-likeness (QED) is 0.681. The zero-order chi connectivity index (χ0) is 9.10. The van der Waals surface area contributed by atoms with Gasteiger partial charge < -0.3 is 4.74 Å². The van der Waals surface area contributed by atoms with Crippen LogP contribution in [0.4, 0.5) is 0 Å². The van der Waals surface area contributed by atoms with Crippen molar-refractivity contribution in [2.75, 3.05) is 6.61 Å². The van der Waals surface area contributed by atoms with Gasteiger partial charge in [0.25, 0.3) is 0 Å². The molecule has 3 nitrogen and oxygen atoms in total. The summed E-state index contributed by atoms with van der Waals surface area (Å²) >= 11 is 0. The van der Waals surface area contributed by atoms with Gasteiger partial charge >= 0.3 is 0 Å². The van der Waals surface area contributed by atoms with E-state index in [9.17, 15) is 4.79 Å². The molecule has 1 aromatic carbocycles. The van der Waals surface area contributed by atoms with Crippen molar-refractivity contribution in [1.29, 1.82) is 0 Å². The molecule has 1 heterocycles. The minimum absolute atomic E-state index is 0.149. The Bertz CT molecular complexity index is 286. The Balaban J connectivity index is 2.08. The van der Waals surface area contributed by atoms with Crippen LogP contribution in [0.25, 0.3) is 0 Å². The second-order valence-electron chi connectivity index (χ2n) is 3.02. The molecule has 0 amide bonds. The fraction of sp³-hybridized carbons (Fsp3) is 0.300. The third-order valence-electron chi connectivity index (χ3n) is 2.13. The van der Waals surface area contributed by atoms with Crippen molar-refractivity contribution in [3.8, 4) is 0 Å². The van der Waals surface area contributed by atoms with Crippen molar-refractivity contribution >= 4 is 6.29 Å². The summed E-state index contributed by atoms with van der Waals surface area (Å²) in [6.07, 6.45) is 0.341. The Labute approximate surface area is 76.7 Å². The van der Waals surface area contributed by atoms with Crippen molar-refractivity contribution in [2.45, 2.75) is 12.3 Å². The first-order chi connectivity index (χ1) is 6.40. The lowest BCUT2D eigenvalue weighted by Gasteiger charge is -2.08. The summed E-state index contributed by atoms with van der Waals surface area (Å²) in [7, 11) is 0.